The molecular formula is C15H16BrNO5. The molecule has 0 saturated carbocycles. The molecule has 2 rings (SSSR count). The zero-order valence-corrected chi connectivity index (χ0v) is 13.6. The predicted octanol–water partition coefficient (Wildman–Crippen LogP) is 2.06. The lowest BCUT2D eigenvalue weighted by Crippen LogP contribution is -2.31. The summed E-state index contributed by atoms with van der Waals surface area (Å²) >= 11 is 3.43. The van der Waals surface area contributed by atoms with Crippen LogP contribution >= 0.6 is 15.9 Å². The summed E-state index contributed by atoms with van der Waals surface area (Å²) < 4.78 is 15.8. The Bertz CT molecular complexity index is 587. The maximum absolute atomic E-state index is 11.8. The molecule has 1 heterocycles. The Morgan fingerprint density at radius 3 is 2.82 bits per heavy atom. The predicted molar refractivity (Wildman–Crippen MR) is 81.6 cm³/mol. The van der Waals surface area contributed by atoms with Crippen molar-refractivity contribution in [1.29, 1.82) is 0 Å². The molecule has 1 amide bonds. The van der Waals surface area contributed by atoms with E-state index < -0.39 is 11.9 Å². The van der Waals surface area contributed by atoms with Crippen LogP contribution in [0.15, 0.2) is 40.8 Å². The van der Waals surface area contributed by atoms with Gasteiger partial charge in [-0.05, 0) is 18.6 Å². The van der Waals surface area contributed by atoms with E-state index in [-0.39, 0.29) is 25.0 Å². The number of carbonyl (C=O) groups excluding carboxylic acids is 2. The lowest BCUT2D eigenvalue weighted by atomic mass is 10.1. The average Bonchev–Trinajstić information content (AvgIpc) is 2.53. The molecule has 6 nitrogen and oxygen atoms in total. The Balaban J connectivity index is 1.81. The molecule has 1 atom stereocenters. The zero-order chi connectivity index (χ0) is 15.9. The zero-order valence-electron chi connectivity index (χ0n) is 12.0. The van der Waals surface area contributed by atoms with Crippen molar-refractivity contribution in [2.75, 3.05) is 19.8 Å². The third kappa shape index (κ3) is 4.49. The first-order chi connectivity index (χ1) is 10.6. The Morgan fingerprint density at radius 2 is 2.14 bits per heavy atom. The molecule has 0 unspecified atom stereocenters. The Hall–Kier alpha value is -2.02. The Labute approximate surface area is 136 Å². The van der Waals surface area contributed by atoms with Gasteiger partial charge in [-0.3, -0.25) is 4.79 Å². The van der Waals surface area contributed by atoms with E-state index in [1.54, 1.807) is 0 Å². The van der Waals surface area contributed by atoms with Crippen molar-refractivity contribution in [3.05, 3.63) is 46.3 Å². The van der Waals surface area contributed by atoms with Crippen molar-refractivity contribution in [1.82, 2.24) is 5.32 Å². The molecule has 0 fully saturated rings. The van der Waals surface area contributed by atoms with E-state index in [2.05, 4.69) is 21.2 Å². The van der Waals surface area contributed by atoms with Gasteiger partial charge in [-0.25, -0.2) is 4.79 Å². The molecule has 0 saturated heterocycles. The average molecular weight is 370 g/mol. The van der Waals surface area contributed by atoms with Crippen LogP contribution in [0.4, 0.5) is 0 Å². The van der Waals surface area contributed by atoms with Crippen molar-refractivity contribution in [2.24, 2.45) is 0 Å². The van der Waals surface area contributed by atoms with E-state index in [1.807, 2.05) is 31.2 Å². The number of hydrogen-bond donors (Lipinski definition) is 1. The summed E-state index contributed by atoms with van der Waals surface area (Å²) in [5.41, 5.74) is 0.939. The smallest absolute Gasteiger partial charge is 0.377 e. The quantitative estimate of drug-likeness (QED) is 0.804. The van der Waals surface area contributed by atoms with E-state index >= 15 is 0 Å². The monoisotopic (exact) mass is 369 g/mol. The summed E-state index contributed by atoms with van der Waals surface area (Å²) in [5, 5.41) is 2.76. The summed E-state index contributed by atoms with van der Waals surface area (Å²) in [7, 11) is 0. The first-order valence-corrected chi connectivity index (χ1v) is 7.52. The lowest BCUT2D eigenvalue weighted by Gasteiger charge is -2.17. The van der Waals surface area contributed by atoms with Gasteiger partial charge in [0.05, 0.1) is 6.04 Å². The highest BCUT2D eigenvalue weighted by Crippen LogP contribution is 2.22. The molecule has 1 aliphatic heterocycles. The van der Waals surface area contributed by atoms with Gasteiger partial charge in [0.2, 0.25) is 5.76 Å². The largest absolute Gasteiger partial charge is 0.493 e. The standard InChI is InChI=1S/C15H16BrNO5/c1-10(11-4-2-3-5-12(11)16)17-14(18)9-22-15(19)13-8-20-6-7-21-13/h2-5,8,10H,6-7,9H2,1H3,(H,17,18)/t10-/m0/s1. The van der Waals surface area contributed by atoms with Gasteiger partial charge >= 0.3 is 5.97 Å². The second-order valence-electron chi connectivity index (χ2n) is 4.59. The number of ether oxygens (including phenoxy) is 3. The number of amides is 1. The SMILES string of the molecule is C[C@H](NC(=O)COC(=O)C1=COCCO1)c1ccccc1Br. The second-order valence-corrected chi connectivity index (χ2v) is 5.44. The summed E-state index contributed by atoms with van der Waals surface area (Å²) in [4.78, 5) is 23.5. The normalized spacial score (nSPS) is 14.9. The molecule has 1 aliphatic rings. The molecule has 0 bridgehead atoms. The van der Waals surface area contributed by atoms with Gasteiger partial charge in [-0.1, -0.05) is 34.1 Å². The van der Waals surface area contributed by atoms with Gasteiger partial charge in [0.25, 0.3) is 5.91 Å². The fourth-order valence-electron chi connectivity index (χ4n) is 1.86. The number of benzene rings is 1. The van der Waals surface area contributed by atoms with Crippen molar-refractivity contribution >= 4 is 27.8 Å². The molecular weight excluding hydrogens is 354 g/mol. The third-order valence-corrected chi connectivity index (χ3v) is 3.66. The maximum Gasteiger partial charge on any atom is 0.377 e. The number of nitrogens with one attached hydrogen (secondary N) is 1. The van der Waals surface area contributed by atoms with E-state index in [4.69, 9.17) is 14.2 Å². The molecule has 118 valence electrons. The fraction of sp³-hybridized carbons (Fsp3) is 0.333. The Morgan fingerprint density at radius 1 is 1.36 bits per heavy atom. The van der Waals surface area contributed by atoms with Crippen LogP contribution in [0, 0.1) is 0 Å². The molecule has 1 N–H and O–H groups in total. The summed E-state index contributed by atoms with van der Waals surface area (Å²) in [5.74, 6) is -1.14. The number of rotatable bonds is 5. The minimum absolute atomic E-state index is 0.0297. The van der Waals surface area contributed by atoms with Crippen LogP contribution in [-0.2, 0) is 23.8 Å². The van der Waals surface area contributed by atoms with Gasteiger partial charge in [0.15, 0.2) is 6.61 Å². The van der Waals surface area contributed by atoms with Crippen LogP contribution in [0.1, 0.15) is 18.5 Å². The van der Waals surface area contributed by atoms with Gasteiger partial charge in [0, 0.05) is 4.47 Å². The van der Waals surface area contributed by atoms with Gasteiger partial charge in [-0.2, -0.15) is 0 Å². The molecule has 22 heavy (non-hydrogen) atoms. The molecule has 0 aromatic heterocycles. The molecule has 0 aliphatic carbocycles. The van der Waals surface area contributed by atoms with Crippen LogP contribution in [-0.4, -0.2) is 31.7 Å². The third-order valence-electron chi connectivity index (χ3n) is 2.93. The van der Waals surface area contributed by atoms with E-state index in [0.29, 0.717) is 6.61 Å². The highest BCUT2D eigenvalue weighted by atomic mass is 79.9. The second kappa shape index (κ2) is 7.84. The van der Waals surface area contributed by atoms with Crippen molar-refractivity contribution in [3.8, 4) is 0 Å². The van der Waals surface area contributed by atoms with E-state index in [1.165, 1.54) is 6.26 Å². The van der Waals surface area contributed by atoms with Gasteiger partial charge in [0.1, 0.15) is 19.5 Å². The van der Waals surface area contributed by atoms with Gasteiger partial charge in [-0.15, -0.1) is 0 Å². The number of halogens is 1. The highest BCUT2D eigenvalue weighted by Gasteiger charge is 2.19. The summed E-state index contributed by atoms with van der Waals surface area (Å²) in [6.45, 7) is 2.14. The first kappa shape index (κ1) is 16.4. The summed E-state index contributed by atoms with van der Waals surface area (Å²) in [6.07, 6.45) is 1.19. The molecule has 0 radical (unpaired) electrons. The number of esters is 1. The fourth-order valence-corrected chi connectivity index (χ4v) is 2.49. The molecule has 0 spiro atoms. The van der Waals surface area contributed by atoms with Crippen molar-refractivity contribution in [3.63, 3.8) is 0 Å². The van der Waals surface area contributed by atoms with Crippen LogP contribution < -0.4 is 5.32 Å². The van der Waals surface area contributed by atoms with Crippen LogP contribution in [0.3, 0.4) is 0 Å². The minimum Gasteiger partial charge on any atom is -0.493 e. The number of hydrogen-bond acceptors (Lipinski definition) is 5. The maximum atomic E-state index is 11.8. The minimum atomic E-state index is -0.719. The van der Waals surface area contributed by atoms with Crippen LogP contribution in [0.5, 0.6) is 0 Å². The van der Waals surface area contributed by atoms with E-state index in [0.717, 1.165) is 10.0 Å². The topological polar surface area (TPSA) is 73.9 Å². The molecule has 1 aromatic rings. The van der Waals surface area contributed by atoms with Gasteiger partial charge < -0.3 is 19.5 Å². The highest BCUT2D eigenvalue weighted by molar-refractivity contribution is 9.10. The summed E-state index contributed by atoms with van der Waals surface area (Å²) in [6, 6.07) is 7.36. The van der Waals surface area contributed by atoms with E-state index in [9.17, 15) is 9.59 Å². The van der Waals surface area contributed by atoms with Crippen LogP contribution in [0.25, 0.3) is 0 Å². The molecule has 1 aromatic carbocycles. The van der Waals surface area contributed by atoms with Crippen molar-refractivity contribution < 1.29 is 23.8 Å². The van der Waals surface area contributed by atoms with Crippen LogP contribution in [0.2, 0.25) is 0 Å². The van der Waals surface area contributed by atoms with Crippen molar-refractivity contribution in [2.45, 2.75) is 13.0 Å². The lowest BCUT2D eigenvalue weighted by molar-refractivity contribution is -0.149. The first-order valence-electron chi connectivity index (χ1n) is 6.73. The number of carbonyl (C=O) groups is 2. The molecule has 7 heteroatoms. The Kier molecular flexibility index (Phi) is 5.83.